The first-order chi connectivity index (χ1) is 4.66. The molecule has 0 aromatic rings. The van der Waals surface area contributed by atoms with E-state index in [1.165, 1.54) is 0 Å². The topological polar surface area (TPSA) is 80.4 Å². The van der Waals surface area contributed by atoms with Crippen molar-refractivity contribution in [2.75, 3.05) is 6.54 Å². The molecular weight excluding hydrogens is 170 g/mol. The average Bonchev–Trinajstić information content (AvgIpc) is 1.85. The van der Waals surface area contributed by atoms with Crippen molar-refractivity contribution in [2.24, 2.45) is 5.73 Å². The zero-order valence-corrected chi connectivity index (χ0v) is 6.89. The Kier molecular flexibility index (Phi) is 8.87. The van der Waals surface area contributed by atoms with Crippen molar-refractivity contribution >= 4 is 24.2 Å². The summed E-state index contributed by atoms with van der Waals surface area (Å²) in [6.07, 6.45) is 0.304. The standard InChI is InChI=1S/C6H11NO3.ClH/c7-4-3-5(8)1-2-6(9)10;/h1-4,7H2,(H,9,10);1H. The summed E-state index contributed by atoms with van der Waals surface area (Å²) in [4.78, 5) is 20.5. The van der Waals surface area contributed by atoms with Crippen LogP contribution in [0.4, 0.5) is 0 Å². The molecule has 0 bridgehead atoms. The number of Topliss-reactive ketones (excluding diaryl/α,β-unsaturated/α-hetero) is 1. The van der Waals surface area contributed by atoms with Crippen molar-refractivity contribution in [3.8, 4) is 0 Å². The molecule has 0 aliphatic carbocycles. The van der Waals surface area contributed by atoms with E-state index in [1.807, 2.05) is 0 Å². The zero-order valence-electron chi connectivity index (χ0n) is 6.08. The molecular formula is C6H12ClNO3. The van der Waals surface area contributed by atoms with Crippen LogP contribution in [0.25, 0.3) is 0 Å². The quantitative estimate of drug-likeness (QED) is 0.635. The Bertz CT molecular complexity index is 138. The van der Waals surface area contributed by atoms with Crippen LogP contribution >= 0.6 is 12.4 Å². The van der Waals surface area contributed by atoms with Gasteiger partial charge in [0.2, 0.25) is 0 Å². The lowest BCUT2D eigenvalue weighted by atomic mass is 10.2. The summed E-state index contributed by atoms with van der Waals surface area (Å²) in [7, 11) is 0. The van der Waals surface area contributed by atoms with E-state index < -0.39 is 5.97 Å². The monoisotopic (exact) mass is 181 g/mol. The van der Waals surface area contributed by atoms with Crippen molar-refractivity contribution in [3.63, 3.8) is 0 Å². The van der Waals surface area contributed by atoms with Crippen LogP contribution in [0, 0.1) is 0 Å². The molecule has 0 unspecified atom stereocenters. The minimum atomic E-state index is -0.939. The highest BCUT2D eigenvalue weighted by atomic mass is 35.5. The second-order valence-electron chi connectivity index (χ2n) is 1.97. The van der Waals surface area contributed by atoms with Crippen LogP contribution < -0.4 is 5.73 Å². The lowest BCUT2D eigenvalue weighted by molar-refractivity contribution is -0.138. The SMILES string of the molecule is Cl.NCCC(=O)CCC(=O)O. The summed E-state index contributed by atoms with van der Waals surface area (Å²) in [5, 5.41) is 8.15. The predicted octanol–water partition coefficient (Wildman–Crippen LogP) is 0.191. The number of aliphatic carboxylic acids is 1. The van der Waals surface area contributed by atoms with Gasteiger partial charge in [-0.05, 0) is 6.54 Å². The van der Waals surface area contributed by atoms with E-state index in [2.05, 4.69) is 0 Å². The fourth-order valence-electron chi connectivity index (χ4n) is 0.532. The smallest absolute Gasteiger partial charge is 0.303 e. The van der Waals surface area contributed by atoms with E-state index in [-0.39, 0.29) is 37.5 Å². The largest absolute Gasteiger partial charge is 0.481 e. The highest BCUT2D eigenvalue weighted by Crippen LogP contribution is 1.93. The molecule has 0 saturated carbocycles. The Morgan fingerprint density at radius 2 is 1.73 bits per heavy atom. The maximum Gasteiger partial charge on any atom is 0.303 e. The van der Waals surface area contributed by atoms with Crippen LogP contribution in [0.2, 0.25) is 0 Å². The molecule has 5 heteroatoms. The molecule has 0 aliphatic heterocycles. The third-order valence-electron chi connectivity index (χ3n) is 1.04. The Labute approximate surface area is 71.2 Å². The van der Waals surface area contributed by atoms with Gasteiger partial charge in [-0.25, -0.2) is 0 Å². The second-order valence-corrected chi connectivity index (χ2v) is 1.97. The average molecular weight is 182 g/mol. The van der Waals surface area contributed by atoms with Crippen molar-refractivity contribution in [1.29, 1.82) is 0 Å². The van der Waals surface area contributed by atoms with Crippen LogP contribution in [0.5, 0.6) is 0 Å². The summed E-state index contributed by atoms with van der Waals surface area (Å²) in [6, 6.07) is 0. The minimum absolute atomic E-state index is 0. The first-order valence-electron chi connectivity index (χ1n) is 3.10. The molecule has 66 valence electrons. The fraction of sp³-hybridized carbons (Fsp3) is 0.667. The Morgan fingerprint density at radius 3 is 2.09 bits per heavy atom. The third-order valence-corrected chi connectivity index (χ3v) is 1.04. The van der Waals surface area contributed by atoms with Gasteiger partial charge < -0.3 is 10.8 Å². The zero-order chi connectivity index (χ0) is 7.98. The van der Waals surface area contributed by atoms with E-state index in [0.29, 0.717) is 6.54 Å². The van der Waals surface area contributed by atoms with Crippen LogP contribution in [0.15, 0.2) is 0 Å². The molecule has 0 amide bonds. The van der Waals surface area contributed by atoms with Crippen LogP contribution in [0.3, 0.4) is 0 Å². The van der Waals surface area contributed by atoms with Gasteiger partial charge in [0.25, 0.3) is 0 Å². The maximum absolute atomic E-state index is 10.6. The molecule has 0 fully saturated rings. The maximum atomic E-state index is 10.6. The van der Waals surface area contributed by atoms with E-state index in [9.17, 15) is 9.59 Å². The molecule has 11 heavy (non-hydrogen) atoms. The summed E-state index contributed by atoms with van der Waals surface area (Å²) in [5.74, 6) is -1.02. The highest BCUT2D eigenvalue weighted by Gasteiger charge is 2.03. The van der Waals surface area contributed by atoms with Crippen LogP contribution in [-0.4, -0.2) is 23.4 Å². The summed E-state index contributed by atoms with van der Waals surface area (Å²) >= 11 is 0. The number of halogens is 1. The van der Waals surface area contributed by atoms with Gasteiger partial charge >= 0.3 is 5.97 Å². The highest BCUT2D eigenvalue weighted by molar-refractivity contribution is 5.85. The van der Waals surface area contributed by atoms with Crippen molar-refractivity contribution in [2.45, 2.75) is 19.3 Å². The lowest BCUT2D eigenvalue weighted by Gasteiger charge is -1.93. The van der Waals surface area contributed by atoms with Crippen molar-refractivity contribution in [3.05, 3.63) is 0 Å². The van der Waals surface area contributed by atoms with E-state index in [4.69, 9.17) is 10.8 Å². The van der Waals surface area contributed by atoms with Gasteiger partial charge in [-0.2, -0.15) is 0 Å². The fourth-order valence-corrected chi connectivity index (χ4v) is 0.532. The van der Waals surface area contributed by atoms with Gasteiger partial charge in [0.15, 0.2) is 0 Å². The molecule has 0 aromatic carbocycles. The number of hydrogen-bond acceptors (Lipinski definition) is 3. The van der Waals surface area contributed by atoms with Gasteiger partial charge in [-0.1, -0.05) is 0 Å². The van der Waals surface area contributed by atoms with Crippen molar-refractivity contribution < 1.29 is 14.7 Å². The number of hydrogen-bond donors (Lipinski definition) is 2. The normalized spacial score (nSPS) is 8.45. The minimum Gasteiger partial charge on any atom is -0.481 e. The van der Waals surface area contributed by atoms with Gasteiger partial charge in [0, 0.05) is 12.8 Å². The van der Waals surface area contributed by atoms with E-state index in [0.717, 1.165) is 0 Å². The van der Waals surface area contributed by atoms with Gasteiger partial charge in [0.05, 0.1) is 6.42 Å². The molecule has 0 heterocycles. The van der Waals surface area contributed by atoms with Crippen LogP contribution in [0.1, 0.15) is 19.3 Å². The Morgan fingerprint density at radius 1 is 1.18 bits per heavy atom. The first-order valence-corrected chi connectivity index (χ1v) is 3.10. The molecule has 0 spiro atoms. The molecule has 0 aromatic heterocycles. The number of carboxylic acid groups (broad SMARTS) is 1. The van der Waals surface area contributed by atoms with Gasteiger partial charge in [-0.15, -0.1) is 12.4 Å². The Balaban J connectivity index is 0. The molecule has 0 radical (unpaired) electrons. The number of carbonyl (C=O) groups is 2. The van der Waals surface area contributed by atoms with Crippen molar-refractivity contribution in [1.82, 2.24) is 0 Å². The molecule has 3 N–H and O–H groups in total. The molecule has 0 saturated heterocycles. The predicted molar refractivity (Wildman–Crippen MR) is 42.8 cm³/mol. The number of ketones is 1. The second kappa shape index (κ2) is 7.50. The number of rotatable bonds is 5. The van der Waals surface area contributed by atoms with Gasteiger partial charge in [-0.3, -0.25) is 9.59 Å². The Hall–Kier alpha value is -0.610. The number of nitrogens with two attached hydrogens (primary N) is 1. The summed E-state index contributed by atoms with van der Waals surface area (Å²) in [5.41, 5.74) is 5.07. The number of carbonyl (C=O) groups excluding carboxylic acids is 1. The first kappa shape index (κ1) is 13.0. The van der Waals surface area contributed by atoms with Crippen LogP contribution in [-0.2, 0) is 9.59 Å². The third kappa shape index (κ3) is 9.39. The number of carboxylic acids is 1. The lowest BCUT2D eigenvalue weighted by Crippen LogP contribution is -2.09. The summed E-state index contributed by atoms with van der Waals surface area (Å²) in [6.45, 7) is 0.304. The summed E-state index contributed by atoms with van der Waals surface area (Å²) < 4.78 is 0. The van der Waals surface area contributed by atoms with E-state index >= 15 is 0 Å². The molecule has 0 rings (SSSR count). The van der Waals surface area contributed by atoms with E-state index in [1.54, 1.807) is 0 Å². The molecule has 4 nitrogen and oxygen atoms in total. The molecule has 0 aliphatic rings. The molecule has 0 atom stereocenters. The van der Waals surface area contributed by atoms with Gasteiger partial charge in [0.1, 0.15) is 5.78 Å².